The number of hydrogen-bond donors (Lipinski definition) is 1. The Balaban J connectivity index is 1.85. The van der Waals surface area contributed by atoms with Crippen molar-refractivity contribution in [1.82, 2.24) is 4.90 Å². The van der Waals surface area contributed by atoms with Gasteiger partial charge in [0.05, 0.1) is 10.6 Å². The lowest BCUT2D eigenvalue weighted by Crippen LogP contribution is -2.42. The Labute approximate surface area is 159 Å². The second-order valence-corrected chi connectivity index (χ2v) is 8.61. The van der Waals surface area contributed by atoms with Crippen molar-refractivity contribution in [3.63, 3.8) is 0 Å². The van der Waals surface area contributed by atoms with Crippen LogP contribution in [0.3, 0.4) is 0 Å². The molecule has 7 heteroatoms. The van der Waals surface area contributed by atoms with E-state index in [9.17, 15) is 13.2 Å². The highest BCUT2D eigenvalue weighted by Gasteiger charge is 2.25. The van der Waals surface area contributed by atoms with Gasteiger partial charge >= 0.3 is 0 Å². The zero-order valence-corrected chi connectivity index (χ0v) is 16.1. The molecule has 26 heavy (non-hydrogen) atoms. The average Bonchev–Trinajstić information content (AvgIpc) is 2.61. The van der Waals surface area contributed by atoms with Crippen LogP contribution in [0.1, 0.15) is 36.5 Å². The summed E-state index contributed by atoms with van der Waals surface area (Å²) < 4.78 is 27.8. The molecule has 0 aliphatic carbocycles. The Morgan fingerprint density at radius 1 is 1.15 bits per heavy atom. The number of anilines is 1. The van der Waals surface area contributed by atoms with Crippen molar-refractivity contribution in [3.8, 4) is 0 Å². The van der Waals surface area contributed by atoms with Crippen molar-refractivity contribution in [3.05, 3.63) is 59.1 Å². The Hall–Kier alpha value is -2.05. The number of likely N-dealkylation sites (tertiary alicyclic amines) is 1. The molecule has 1 aliphatic rings. The second kappa shape index (κ2) is 7.68. The molecule has 5 nitrogen and oxygen atoms in total. The quantitative estimate of drug-likeness (QED) is 0.849. The molecular formula is C19H21ClN2O3S. The molecule has 2 aromatic rings. The van der Waals surface area contributed by atoms with Crippen LogP contribution in [0.25, 0.3) is 0 Å². The maximum Gasteiger partial charge on any atom is 0.261 e. The van der Waals surface area contributed by atoms with Gasteiger partial charge in [0.1, 0.15) is 0 Å². The summed E-state index contributed by atoms with van der Waals surface area (Å²) in [6.45, 7) is 2.73. The number of rotatable bonds is 4. The van der Waals surface area contributed by atoms with E-state index in [-0.39, 0.29) is 16.8 Å². The normalized spacial score (nSPS) is 17.8. The number of carbonyl (C=O) groups excluding carboxylic acids is 1. The van der Waals surface area contributed by atoms with E-state index >= 15 is 0 Å². The monoisotopic (exact) mass is 392 g/mol. The van der Waals surface area contributed by atoms with Crippen molar-refractivity contribution in [2.24, 2.45) is 0 Å². The molecule has 0 spiro atoms. The van der Waals surface area contributed by atoms with Gasteiger partial charge < -0.3 is 4.90 Å². The number of sulfonamides is 1. The smallest absolute Gasteiger partial charge is 0.261 e. The highest BCUT2D eigenvalue weighted by Crippen LogP contribution is 2.23. The average molecular weight is 393 g/mol. The molecule has 3 rings (SSSR count). The first-order valence-electron chi connectivity index (χ1n) is 8.56. The van der Waals surface area contributed by atoms with Crippen LogP contribution in [0.2, 0.25) is 5.02 Å². The van der Waals surface area contributed by atoms with E-state index in [0.717, 1.165) is 19.3 Å². The SMILES string of the molecule is CC1CCCCN1C(=O)c1cccc(S(=O)(=O)Nc2cccc(Cl)c2)c1. The van der Waals surface area contributed by atoms with E-state index in [1.54, 1.807) is 30.3 Å². The lowest BCUT2D eigenvalue weighted by Gasteiger charge is -2.33. The third-order valence-electron chi connectivity index (χ3n) is 4.53. The van der Waals surface area contributed by atoms with Crippen molar-refractivity contribution in [2.75, 3.05) is 11.3 Å². The Morgan fingerprint density at radius 2 is 1.92 bits per heavy atom. The van der Waals surface area contributed by atoms with Crippen LogP contribution in [0.4, 0.5) is 5.69 Å². The highest BCUT2D eigenvalue weighted by atomic mass is 35.5. The number of amides is 1. The van der Waals surface area contributed by atoms with E-state index in [1.807, 2.05) is 11.8 Å². The minimum absolute atomic E-state index is 0.0491. The summed E-state index contributed by atoms with van der Waals surface area (Å²) in [6, 6.07) is 12.8. The topological polar surface area (TPSA) is 66.5 Å². The number of halogens is 1. The number of nitrogens with zero attached hydrogens (tertiary/aromatic N) is 1. The summed E-state index contributed by atoms with van der Waals surface area (Å²) in [7, 11) is -3.81. The molecule has 2 aromatic carbocycles. The maximum atomic E-state index is 12.8. The second-order valence-electron chi connectivity index (χ2n) is 6.49. The molecule has 1 N–H and O–H groups in total. The fourth-order valence-corrected chi connectivity index (χ4v) is 4.41. The van der Waals surface area contributed by atoms with E-state index < -0.39 is 10.0 Å². The summed E-state index contributed by atoms with van der Waals surface area (Å²) >= 11 is 5.90. The zero-order valence-electron chi connectivity index (χ0n) is 14.5. The molecule has 1 unspecified atom stereocenters. The molecule has 0 aromatic heterocycles. The minimum Gasteiger partial charge on any atom is -0.336 e. The largest absolute Gasteiger partial charge is 0.336 e. The summed E-state index contributed by atoms with van der Waals surface area (Å²) in [5.74, 6) is -0.128. The Morgan fingerprint density at radius 3 is 2.65 bits per heavy atom. The van der Waals surface area contributed by atoms with Crippen molar-refractivity contribution < 1.29 is 13.2 Å². The van der Waals surface area contributed by atoms with Crippen LogP contribution in [-0.4, -0.2) is 31.8 Å². The number of carbonyl (C=O) groups is 1. The molecule has 1 amide bonds. The van der Waals surface area contributed by atoms with Gasteiger partial charge in [0.2, 0.25) is 0 Å². The Kier molecular flexibility index (Phi) is 5.53. The van der Waals surface area contributed by atoms with Gasteiger partial charge in [0, 0.05) is 23.2 Å². The van der Waals surface area contributed by atoms with Gasteiger partial charge in [-0.1, -0.05) is 23.7 Å². The summed E-state index contributed by atoms with van der Waals surface area (Å²) in [5.41, 5.74) is 0.756. The summed E-state index contributed by atoms with van der Waals surface area (Å²) in [6.07, 6.45) is 3.06. The van der Waals surface area contributed by atoms with Gasteiger partial charge in [-0.3, -0.25) is 9.52 Å². The number of piperidine rings is 1. The molecule has 1 aliphatic heterocycles. The maximum absolute atomic E-state index is 12.8. The fraction of sp³-hybridized carbons (Fsp3) is 0.316. The zero-order chi connectivity index (χ0) is 18.7. The van der Waals surface area contributed by atoms with E-state index in [1.165, 1.54) is 18.2 Å². The van der Waals surface area contributed by atoms with Crippen LogP contribution >= 0.6 is 11.6 Å². The minimum atomic E-state index is -3.81. The lowest BCUT2D eigenvalue weighted by atomic mass is 10.0. The molecule has 0 bridgehead atoms. The molecule has 1 saturated heterocycles. The van der Waals surface area contributed by atoms with Gasteiger partial charge in [-0.05, 0) is 62.6 Å². The van der Waals surface area contributed by atoms with Crippen LogP contribution in [0, 0.1) is 0 Å². The summed E-state index contributed by atoms with van der Waals surface area (Å²) in [5, 5.41) is 0.438. The summed E-state index contributed by atoms with van der Waals surface area (Å²) in [4.78, 5) is 14.7. The molecule has 138 valence electrons. The van der Waals surface area contributed by atoms with Crippen molar-refractivity contribution >= 4 is 33.2 Å². The fourth-order valence-electron chi connectivity index (χ4n) is 3.13. The molecule has 1 fully saturated rings. The first-order chi connectivity index (χ1) is 12.4. The third kappa shape index (κ3) is 4.19. The van der Waals surface area contributed by atoms with Gasteiger partial charge in [0.15, 0.2) is 0 Å². The van der Waals surface area contributed by atoms with Crippen LogP contribution in [0.15, 0.2) is 53.4 Å². The number of nitrogens with one attached hydrogen (secondary N) is 1. The molecule has 0 radical (unpaired) electrons. The van der Waals surface area contributed by atoms with Gasteiger partial charge in [0.25, 0.3) is 15.9 Å². The van der Waals surface area contributed by atoms with E-state index in [0.29, 0.717) is 22.8 Å². The van der Waals surface area contributed by atoms with Crippen LogP contribution in [-0.2, 0) is 10.0 Å². The van der Waals surface area contributed by atoms with Crippen LogP contribution < -0.4 is 4.72 Å². The van der Waals surface area contributed by atoms with Gasteiger partial charge in [-0.2, -0.15) is 0 Å². The van der Waals surface area contributed by atoms with E-state index in [4.69, 9.17) is 11.6 Å². The molecule has 0 saturated carbocycles. The van der Waals surface area contributed by atoms with Gasteiger partial charge in [-0.15, -0.1) is 0 Å². The predicted octanol–water partition coefficient (Wildman–Crippen LogP) is 4.16. The van der Waals surface area contributed by atoms with Gasteiger partial charge in [-0.25, -0.2) is 8.42 Å². The Bertz CT molecular complexity index is 915. The third-order valence-corrected chi connectivity index (χ3v) is 6.15. The molecule has 1 atom stereocenters. The van der Waals surface area contributed by atoms with Crippen molar-refractivity contribution in [1.29, 1.82) is 0 Å². The highest BCUT2D eigenvalue weighted by molar-refractivity contribution is 7.92. The first-order valence-corrected chi connectivity index (χ1v) is 10.4. The van der Waals surface area contributed by atoms with Crippen molar-refractivity contribution in [2.45, 2.75) is 37.1 Å². The van der Waals surface area contributed by atoms with E-state index in [2.05, 4.69) is 4.72 Å². The van der Waals surface area contributed by atoms with Crippen LogP contribution in [0.5, 0.6) is 0 Å². The number of benzene rings is 2. The lowest BCUT2D eigenvalue weighted by molar-refractivity contribution is 0.0635. The number of hydrogen-bond acceptors (Lipinski definition) is 3. The predicted molar refractivity (Wildman–Crippen MR) is 103 cm³/mol. The molecular weight excluding hydrogens is 372 g/mol. The standard InChI is InChI=1S/C19H21ClN2O3S/c1-14-6-2-3-11-22(14)19(23)15-7-4-10-18(12-15)26(24,25)21-17-9-5-8-16(20)13-17/h4-5,7-10,12-14,21H,2-3,6,11H2,1H3. The first kappa shape index (κ1) is 18.7. The molecule has 1 heterocycles.